The molecule has 0 unspecified atom stereocenters. The van der Waals surface area contributed by atoms with Gasteiger partial charge in [0.2, 0.25) is 0 Å². The summed E-state index contributed by atoms with van der Waals surface area (Å²) >= 11 is 0. The van der Waals surface area contributed by atoms with Gasteiger partial charge in [-0.2, -0.15) is 4.73 Å². The number of nitrogens with one attached hydrogen (secondary N) is 1. The highest BCUT2D eigenvalue weighted by Crippen LogP contribution is 2.11. The molecule has 7 nitrogen and oxygen atoms in total. The summed E-state index contributed by atoms with van der Waals surface area (Å²) in [6.07, 6.45) is 1.44. The SMILES string of the molecule is CC(C)(ON)C(=O)Nc1cc(=O)ccn1OCc1ccccc1. The molecule has 122 valence electrons. The Morgan fingerprint density at radius 3 is 2.61 bits per heavy atom. The first-order valence-electron chi connectivity index (χ1n) is 7.01. The number of pyridine rings is 1. The van der Waals surface area contributed by atoms with Gasteiger partial charge in [0.05, 0.1) is 0 Å². The normalized spacial score (nSPS) is 11.1. The molecule has 0 atom stereocenters. The van der Waals surface area contributed by atoms with Gasteiger partial charge in [-0.05, 0) is 19.4 Å². The van der Waals surface area contributed by atoms with E-state index in [4.69, 9.17) is 10.7 Å². The Kier molecular flexibility index (Phi) is 5.15. The van der Waals surface area contributed by atoms with E-state index < -0.39 is 11.5 Å². The third kappa shape index (κ3) is 4.41. The molecule has 1 amide bonds. The number of benzene rings is 1. The highest BCUT2D eigenvalue weighted by atomic mass is 16.7. The average molecular weight is 317 g/mol. The second-order valence-corrected chi connectivity index (χ2v) is 5.41. The second kappa shape index (κ2) is 7.08. The van der Waals surface area contributed by atoms with Crippen molar-refractivity contribution >= 4 is 11.7 Å². The fraction of sp³-hybridized carbons (Fsp3) is 0.250. The lowest BCUT2D eigenvalue weighted by molar-refractivity contribution is -0.137. The number of nitrogens with zero attached hydrogens (tertiary/aromatic N) is 1. The standard InChI is InChI=1S/C16H19N3O4/c1-16(2,23-17)15(21)18-14-10-13(20)8-9-19(14)22-11-12-6-4-3-5-7-12/h3-10H,11,17H2,1-2H3,(H,18,21). The number of rotatable bonds is 6. The summed E-state index contributed by atoms with van der Waals surface area (Å²) in [6.45, 7) is 3.31. The molecular formula is C16H19N3O4. The van der Waals surface area contributed by atoms with Crippen LogP contribution in [0, 0.1) is 0 Å². The molecule has 0 aliphatic carbocycles. The minimum absolute atomic E-state index is 0.198. The van der Waals surface area contributed by atoms with Crippen molar-refractivity contribution in [1.82, 2.24) is 4.73 Å². The first kappa shape index (κ1) is 16.7. The molecule has 2 aromatic rings. The summed E-state index contributed by atoms with van der Waals surface area (Å²) in [7, 11) is 0. The minimum Gasteiger partial charge on any atom is -0.408 e. The van der Waals surface area contributed by atoms with Crippen LogP contribution in [0.2, 0.25) is 0 Å². The third-order valence-corrected chi connectivity index (χ3v) is 3.19. The number of carbonyl (C=O) groups is 1. The first-order chi connectivity index (χ1) is 10.9. The summed E-state index contributed by atoms with van der Waals surface area (Å²) in [5.41, 5.74) is -0.545. The van der Waals surface area contributed by atoms with Crippen molar-refractivity contribution < 1.29 is 14.5 Å². The van der Waals surface area contributed by atoms with Crippen LogP contribution < -0.4 is 21.5 Å². The van der Waals surface area contributed by atoms with Crippen LogP contribution in [0.25, 0.3) is 0 Å². The third-order valence-electron chi connectivity index (χ3n) is 3.19. The Balaban J connectivity index is 2.17. The topological polar surface area (TPSA) is 95.6 Å². The summed E-state index contributed by atoms with van der Waals surface area (Å²) < 4.78 is 1.32. The first-order valence-corrected chi connectivity index (χ1v) is 7.01. The average Bonchev–Trinajstić information content (AvgIpc) is 2.55. The molecule has 0 saturated heterocycles. The number of carbonyl (C=O) groups excluding carboxylic acids is 1. The van der Waals surface area contributed by atoms with Gasteiger partial charge in [0.25, 0.3) is 5.91 Å². The van der Waals surface area contributed by atoms with E-state index in [1.54, 1.807) is 0 Å². The van der Waals surface area contributed by atoms with Crippen LogP contribution in [-0.2, 0) is 16.2 Å². The van der Waals surface area contributed by atoms with Crippen LogP contribution in [0.15, 0.2) is 53.5 Å². The van der Waals surface area contributed by atoms with E-state index in [0.717, 1.165) is 5.56 Å². The number of nitrogens with two attached hydrogens (primary N) is 1. The van der Waals surface area contributed by atoms with Crippen molar-refractivity contribution in [2.45, 2.75) is 26.1 Å². The maximum atomic E-state index is 12.1. The van der Waals surface area contributed by atoms with E-state index in [-0.39, 0.29) is 17.9 Å². The second-order valence-electron chi connectivity index (χ2n) is 5.41. The van der Waals surface area contributed by atoms with Gasteiger partial charge < -0.3 is 10.2 Å². The molecule has 23 heavy (non-hydrogen) atoms. The molecule has 7 heteroatoms. The van der Waals surface area contributed by atoms with Gasteiger partial charge in [0, 0.05) is 18.3 Å². The highest BCUT2D eigenvalue weighted by molar-refractivity contribution is 5.96. The van der Waals surface area contributed by atoms with E-state index in [2.05, 4.69) is 10.2 Å². The Morgan fingerprint density at radius 1 is 1.26 bits per heavy atom. The van der Waals surface area contributed by atoms with Gasteiger partial charge >= 0.3 is 0 Å². The van der Waals surface area contributed by atoms with Crippen LogP contribution in [0.4, 0.5) is 5.82 Å². The maximum absolute atomic E-state index is 12.1. The molecular weight excluding hydrogens is 298 g/mol. The smallest absolute Gasteiger partial charge is 0.259 e. The van der Waals surface area contributed by atoms with E-state index in [1.807, 2.05) is 30.3 Å². The number of anilines is 1. The van der Waals surface area contributed by atoms with Gasteiger partial charge in [0.1, 0.15) is 6.61 Å². The van der Waals surface area contributed by atoms with E-state index in [9.17, 15) is 9.59 Å². The number of aromatic nitrogens is 1. The zero-order valence-corrected chi connectivity index (χ0v) is 13.0. The van der Waals surface area contributed by atoms with Gasteiger partial charge in [-0.15, -0.1) is 0 Å². The Labute approximate surface area is 133 Å². The molecule has 0 fully saturated rings. The van der Waals surface area contributed by atoms with Crippen LogP contribution in [0.3, 0.4) is 0 Å². The molecule has 0 aliphatic rings. The molecule has 1 heterocycles. The van der Waals surface area contributed by atoms with Crippen molar-refractivity contribution in [1.29, 1.82) is 0 Å². The predicted octanol–water partition coefficient (Wildman–Crippen LogP) is 1.08. The quantitative estimate of drug-likeness (QED) is 0.777. The van der Waals surface area contributed by atoms with Crippen LogP contribution >= 0.6 is 0 Å². The molecule has 2 rings (SSSR count). The largest absolute Gasteiger partial charge is 0.408 e. The number of amides is 1. The van der Waals surface area contributed by atoms with Gasteiger partial charge in [0.15, 0.2) is 16.8 Å². The monoisotopic (exact) mass is 317 g/mol. The van der Waals surface area contributed by atoms with Gasteiger partial charge in [-0.3, -0.25) is 14.4 Å². The fourth-order valence-electron chi connectivity index (χ4n) is 1.71. The zero-order chi connectivity index (χ0) is 16.9. The summed E-state index contributed by atoms with van der Waals surface area (Å²) in [5, 5.41) is 2.57. The fourth-order valence-corrected chi connectivity index (χ4v) is 1.71. The summed E-state index contributed by atoms with van der Waals surface area (Å²) in [5.74, 6) is 4.80. The van der Waals surface area contributed by atoms with Crippen LogP contribution in [-0.4, -0.2) is 16.2 Å². The number of hydrogen-bond donors (Lipinski definition) is 2. The van der Waals surface area contributed by atoms with Crippen molar-refractivity contribution in [2.75, 3.05) is 5.32 Å². The van der Waals surface area contributed by atoms with Crippen LogP contribution in [0.5, 0.6) is 0 Å². The highest BCUT2D eigenvalue weighted by Gasteiger charge is 2.28. The molecule has 1 aromatic heterocycles. The van der Waals surface area contributed by atoms with Crippen molar-refractivity contribution in [3.05, 3.63) is 64.4 Å². The summed E-state index contributed by atoms with van der Waals surface area (Å²) in [4.78, 5) is 33.9. The van der Waals surface area contributed by atoms with Gasteiger partial charge in [-0.25, -0.2) is 5.90 Å². The van der Waals surface area contributed by atoms with Crippen molar-refractivity contribution in [2.24, 2.45) is 5.90 Å². The molecule has 0 radical (unpaired) electrons. The summed E-state index contributed by atoms with van der Waals surface area (Å²) in [6, 6.07) is 12.1. The lowest BCUT2D eigenvalue weighted by Crippen LogP contribution is -2.42. The van der Waals surface area contributed by atoms with Crippen LogP contribution in [0.1, 0.15) is 19.4 Å². The molecule has 0 saturated carbocycles. The maximum Gasteiger partial charge on any atom is 0.259 e. The number of hydrogen-bond acceptors (Lipinski definition) is 5. The predicted molar refractivity (Wildman–Crippen MR) is 85.4 cm³/mol. The van der Waals surface area contributed by atoms with Crippen molar-refractivity contribution in [3.8, 4) is 0 Å². The van der Waals surface area contributed by atoms with E-state index in [0.29, 0.717) is 0 Å². The molecule has 3 N–H and O–H groups in total. The Bertz CT molecular complexity index is 726. The van der Waals surface area contributed by atoms with E-state index >= 15 is 0 Å². The Morgan fingerprint density at radius 2 is 1.96 bits per heavy atom. The Hall–Kier alpha value is -2.64. The molecule has 1 aromatic carbocycles. The van der Waals surface area contributed by atoms with Gasteiger partial charge in [-0.1, -0.05) is 30.3 Å². The minimum atomic E-state index is -1.24. The molecule has 0 aliphatic heterocycles. The lowest BCUT2D eigenvalue weighted by Gasteiger charge is -2.22. The van der Waals surface area contributed by atoms with Crippen molar-refractivity contribution in [3.63, 3.8) is 0 Å². The lowest BCUT2D eigenvalue weighted by atomic mass is 10.1. The molecule has 0 spiro atoms. The zero-order valence-electron chi connectivity index (χ0n) is 13.0. The van der Waals surface area contributed by atoms with E-state index in [1.165, 1.54) is 36.9 Å². The molecule has 0 bridgehead atoms.